The molecule has 0 rings (SSSR count). The van der Waals surface area contributed by atoms with Gasteiger partial charge in [-0.05, 0) is 0 Å². The monoisotopic (exact) mass is 243 g/mol. The minimum atomic E-state index is -3.69. The van der Waals surface area contributed by atoms with Crippen LogP contribution in [0.1, 0.15) is 6.42 Å². The Morgan fingerprint density at radius 2 is 1.36 bits per heavy atom. The first-order chi connectivity index (χ1) is 6.62. The molecule has 0 aliphatic carbocycles. The van der Waals surface area contributed by atoms with Gasteiger partial charge in [0.2, 0.25) is 0 Å². The molecule has 0 aliphatic rings. The first kappa shape index (κ1) is 14.5. The molecule has 0 bridgehead atoms. The Bertz CT molecular complexity index is 154. The van der Waals surface area contributed by atoms with Crippen LogP contribution >= 0.6 is 0 Å². The van der Waals surface area contributed by atoms with Gasteiger partial charge in [0, 0.05) is 0 Å². The summed E-state index contributed by atoms with van der Waals surface area (Å²) in [5.74, 6) is 0. The zero-order valence-corrected chi connectivity index (χ0v) is 11.0. The third-order valence-electron chi connectivity index (χ3n) is 2.86. The molecule has 14 heavy (non-hydrogen) atoms. The van der Waals surface area contributed by atoms with E-state index < -0.39 is 16.5 Å². The maximum absolute atomic E-state index is 5.58. The Morgan fingerprint density at radius 1 is 0.857 bits per heavy atom. The van der Waals surface area contributed by atoms with Crippen LogP contribution in [0.25, 0.3) is 0 Å². The molecule has 0 spiro atoms. The van der Waals surface area contributed by atoms with Crippen molar-refractivity contribution in [1.29, 1.82) is 0 Å². The van der Waals surface area contributed by atoms with Gasteiger partial charge >= 0.3 is 88.2 Å². The molecule has 6 heteroatoms. The topological polar surface area (TPSA) is 79.7 Å². The van der Waals surface area contributed by atoms with E-state index in [0.29, 0.717) is 17.8 Å². The van der Waals surface area contributed by atoms with Crippen LogP contribution in [0.4, 0.5) is 0 Å². The van der Waals surface area contributed by atoms with Crippen molar-refractivity contribution in [2.45, 2.75) is 15.9 Å². The molecule has 0 aromatic heterocycles. The normalized spacial score (nSPS) is 15.1. The van der Waals surface area contributed by atoms with E-state index in [1.54, 1.807) is 21.3 Å². The first-order valence-corrected chi connectivity index (χ1v) is 8.98. The predicted octanol–water partition coefficient (Wildman–Crippen LogP) is 0.504. The van der Waals surface area contributed by atoms with Gasteiger partial charge in [-0.15, -0.1) is 0 Å². The average Bonchev–Trinajstić information content (AvgIpc) is 2.25. The second-order valence-electron chi connectivity index (χ2n) is 3.41. The van der Waals surface area contributed by atoms with Gasteiger partial charge in [0.25, 0.3) is 0 Å². The van der Waals surface area contributed by atoms with E-state index in [1.807, 2.05) is 0 Å². The summed E-state index contributed by atoms with van der Waals surface area (Å²) in [4.78, 5) is 0. The van der Waals surface area contributed by atoms with E-state index in [9.17, 15) is 0 Å². The number of nitrogens with two attached hydrogens (primary N) is 2. The Balaban J connectivity index is 4.72. The van der Waals surface area contributed by atoms with Crippen molar-refractivity contribution < 1.29 is 26.4 Å². The third-order valence-corrected chi connectivity index (χ3v) is 11.1. The van der Waals surface area contributed by atoms with Gasteiger partial charge in [0.1, 0.15) is 0 Å². The molecule has 0 saturated heterocycles. The summed E-state index contributed by atoms with van der Waals surface area (Å²) >= 11 is -3.69. The predicted molar refractivity (Wildman–Crippen MR) is 53.4 cm³/mol. The molecule has 87 valence electrons. The maximum atomic E-state index is 5.58. The van der Waals surface area contributed by atoms with Crippen LogP contribution in [0.15, 0.2) is 0 Å². The fourth-order valence-corrected chi connectivity index (χ4v) is 7.05. The summed E-state index contributed by atoms with van der Waals surface area (Å²) in [6.07, 6.45) is 0.840. The van der Waals surface area contributed by atoms with Crippen molar-refractivity contribution in [2.24, 2.45) is 11.5 Å². The van der Waals surface area contributed by atoms with E-state index in [-0.39, 0.29) is 0 Å². The molecule has 0 aromatic rings. The van der Waals surface area contributed by atoms with Gasteiger partial charge in [-0.3, -0.25) is 0 Å². The zero-order chi connectivity index (χ0) is 11.1. The number of rotatable bonds is 8. The van der Waals surface area contributed by atoms with Crippen molar-refractivity contribution in [3.05, 3.63) is 0 Å². The second-order valence-corrected chi connectivity index (χ2v) is 11.1. The average molecular weight is 243 g/mol. The number of hydrogen-bond acceptors (Lipinski definition) is 5. The van der Waals surface area contributed by atoms with Gasteiger partial charge in [0.05, 0.1) is 0 Å². The van der Waals surface area contributed by atoms with E-state index in [1.165, 1.54) is 0 Å². The molecule has 4 N–H and O–H groups in total. The Kier molecular flexibility index (Phi) is 6.40. The fourth-order valence-electron chi connectivity index (χ4n) is 1.71. The van der Waals surface area contributed by atoms with Crippen LogP contribution in [0, 0.1) is 0 Å². The summed E-state index contributed by atoms with van der Waals surface area (Å²) in [6.45, 7) is 1.12. The van der Waals surface area contributed by atoms with Crippen molar-refractivity contribution in [2.75, 3.05) is 34.4 Å². The van der Waals surface area contributed by atoms with Gasteiger partial charge in [-0.2, -0.15) is 0 Å². The quantitative estimate of drug-likeness (QED) is 0.607. The van der Waals surface area contributed by atoms with Crippen LogP contribution in [-0.4, -0.2) is 34.4 Å². The fraction of sp³-hybridized carbons (Fsp3) is 1.00. The molecule has 0 heterocycles. The molecule has 0 aliphatic heterocycles. The molecule has 0 atom stereocenters. The van der Waals surface area contributed by atoms with Gasteiger partial charge in [-0.25, -0.2) is 0 Å². The van der Waals surface area contributed by atoms with Crippen molar-refractivity contribution in [3.8, 4) is 0 Å². The molecule has 0 saturated carbocycles. The van der Waals surface area contributed by atoms with Crippen LogP contribution in [0.5, 0.6) is 0 Å². The Labute approximate surface area is 88.4 Å². The SMILES string of the molecule is C[O][Ti]([CH2]CN)([CH2]CCN)([O]C)[O]C. The second kappa shape index (κ2) is 6.17. The Hall–Kier alpha value is 0.514. The van der Waals surface area contributed by atoms with Gasteiger partial charge in [-0.1, -0.05) is 0 Å². The summed E-state index contributed by atoms with van der Waals surface area (Å²) in [7, 11) is 4.91. The van der Waals surface area contributed by atoms with E-state index in [2.05, 4.69) is 0 Å². The first-order valence-electron chi connectivity index (χ1n) is 4.86. The van der Waals surface area contributed by atoms with Crippen molar-refractivity contribution in [1.82, 2.24) is 0 Å². The molecule has 0 unspecified atom stereocenters. The third kappa shape index (κ3) is 3.00. The summed E-state index contributed by atoms with van der Waals surface area (Å²) in [6, 6.07) is 0. The summed E-state index contributed by atoms with van der Waals surface area (Å²) in [5.41, 5.74) is 11.1. The van der Waals surface area contributed by atoms with Crippen LogP contribution in [0.2, 0.25) is 9.45 Å². The Morgan fingerprint density at radius 3 is 1.64 bits per heavy atom. The summed E-state index contributed by atoms with van der Waals surface area (Å²) in [5, 5.41) is 0. The molecule has 5 nitrogen and oxygen atoms in total. The van der Waals surface area contributed by atoms with Crippen LogP contribution < -0.4 is 11.5 Å². The van der Waals surface area contributed by atoms with Gasteiger partial charge < -0.3 is 0 Å². The molecule has 0 radical (unpaired) electrons. The van der Waals surface area contributed by atoms with E-state index in [0.717, 1.165) is 11.1 Å². The van der Waals surface area contributed by atoms with Crippen molar-refractivity contribution in [3.63, 3.8) is 0 Å². The number of hydrogen-bond donors (Lipinski definition) is 2. The van der Waals surface area contributed by atoms with E-state index in [4.69, 9.17) is 21.4 Å². The van der Waals surface area contributed by atoms with Crippen LogP contribution in [0.3, 0.4) is 0 Å². The van der Waals surface area contributed by atoms with E-state index >= 15 is 0 Å². The molecular weight excluding hydrogens is 220 g/mol. The molecule has 0 aromatic carbocycles. The molecular formula is C8H23N2O3Ti. The zero-order valence-electron chi connectivity index (χ0n) is 9.41. The minimum absolute atomic E-state index is 0.511. The summed E-state index contributed by atoms with van der Waals surface area (Å²) < 4.78 is 18.2. The molecule has 0 amide bonds. The van der Waals surface area contributed by atoms with Gasteiger partial charge in [0.15, 0.2) is 0 Å². The standard InChI is InChI=1S/C3H8N.C2H6N.3CH3O.Ti/c1-2-3-4;1-2-3;3*1-2;/h1-4H2;1-3H2;3*1H3;/q;;3*-1;+3. The van der Waals surface area contributed by atoms with Crippen molar-refractivity contribution >= 4 is 0 Å². The molecule has 0 fully saturated rings. The van der Waals surface area contributed by atoms with Crippen LogP contribution in [-0.2, 0) is 26.4 Å².